The first kappa shape index (κ1) is 25.5. The predicted molar refractivity (Wildman–Crippen MR) is 144 cm³/mol. The van der Waals surface area contributed by atoms with Crippen LogP contribution in [0, 0.1) is 0 Å². The zero-order valence-electron chi connectivity index (χ0n) is 21.7. The molecule has 2 atom stereocenters. The van der Waals surface area contributed by atoms with Gasteiger partial charge in [0.2, 0.25) is 0 Å². The molecule has 1 aromatic heterocycles. The number of benzene rings is 2. The second-order valence-electron chi connectivity index (χ2n) is 9.87. The number of carbonyl (C=O) groups excluding carboxylic acids is 2. The highest BCUT2D eigenvalue weighted by Gasteiger charge is 2.46. The average Bonchev–Trinajstić information content (AvgIpc) is 3.42. The number of aromatic nitrogens is 1. The van der Waals surface area contributed by atoms with Gasteiger partial charge in [-0.05, 0) is 66.4 Å². The van der Waals surface area contributed by atoms with E-state index in [1.165, 1.54) is 4.90 Å². The van der Waals surface area contributed by atoms with Crippen LogP contribution in [0.15, 0.2) is 72.6 Å². The summed E-state index contributed by atoms with van der Waals surface area (Å²) in [7, 11) is 0. The molecule has 1 N–H and O–H groups in total. The lowest BCUT2D eigenvalue weighted by molar-refractivity contribution is -0.140. The molecule has 1 saturated heterocycles. The Morgan fingerprint density at radius 2 is 2.00 bits per heavy atom. The van der Waals surface area contributed by atoms with E-state index < -0.39 is 17.7 Å². The van der Waals surface area contributed by atoms with Crippen LogP contribution in [0.25, 0.3) is 5.76 Å². The monoisotopic (exact) mass is 512 g/mol. The third-order valence-electron chi connectivity index (χ3n) is 6.98. The summed E-state index contributed by atoms with van der Waals surface area (Å²) in [6.45, 7) is 4.89. The highest BCUT2D eigenvalue weighted by molar-refractivity contribution is 6.46. The molecule has 0 spiro atoms. The van der Waals surface area contributed by atoms with Gasteiger partial charge in [0.05, 0.1) is 18.2 Å². The summed E-state index contributed by atoms with van der Waals surface area (Å²) in [6.07, 6.45) is 7.22. The molecule has 0 aliphatic carbocycles. The number of aliphatic hydroxyl groups is 1. The summed E-state index contributed by atoms with van der Waals surface area (Å²) in [5.41, 5.74) is 2.99. The fraction of sp³-hybridized carbons (Fsp3) is 0.323. The van der Waals surface area contributed by atoms with Crippen molar-refractivity contribution in [2.45, 2.75) is 58.2 Å². The number of carbonyl (C=O) groups is 2. The maximum Gasteiger partial charge on any atom is 0.295 e. The average molecular weight is 513 g/mol. The Labute approximate surface area is 222 Å². The molecular formula is C31H32N2O5. The molecule has 0 bridgehead atoms. The molecule has 38 heavy (non-hydrogen) atoms. The normalized spacial score (nSPS) is 19.9. The van der Waals surface area contributed by atoms with Crippen molar-refractivity contribution in [3.63, 3.8) is 0 Å². The number of amides is 1. The Bertz CT molecular complexity index is 1370. The molecule has 2 aliphatic rings. The van der Waals surface area contributed by atoms with Crippen LogP contribution in [-0.2, 0) is 22.6 Å². The standard InChI is InChI=1S/C31H32N2O5/c1-3-4-5-14-37-25-10-6-9-22(17-25)28-27(29(34)23-11-12-26-24(16-23)15-20(2)38-26)30(35)31(36)33(28)19-21-8-7-13-32-18-21/h6-13,16-18,20,28,34H,3-5,14-15,19H2,1-2H3/b29-27+/t20-,28+/m1/s1. The van der Waals surface area contributed by atoms with Crippen LogP contribution in [0.5, 0.6) is 11.5 Å². The first-order valence-electron chi connectivity index (χ1n) is 13.2. The van der Waals surface area contributed by atoms with Gasteiger partial charge >= 0.3 is 0 Å². The van der Waals surface area contributed by atoms with Crippen molar-refractivity contribution >= 4 is 17.4 Å². The zero-order valence-corrected chi connectivity index (χ0v) is 21.7. The van der Waals surface area contributed by atoms with Crippen molar-refractivity contribution in [2.75, 3.05) is 6.61 Å². The van der Waals surface area contributed by atoms with Crippen LogP contribution < -0.4 is 9.47 Å². The molecule has 3 heterocycles. The largest absolute Gasteiger partial charge is 0.507 e. The van der Waals surface area contributed by atoms with Gasteiger partial charge < -0.3 is 19.5 Å². The number of hydrogen-bond donors (Lipinski definition) is 1. The van der Waals surface area contributed by atoms with Crippen molar-refractivity contribution in [3.8, 4) is 11.5 Å². The summed E-state index contributed by atoms with van der Waals surface area (Å²) in [5.74, 6) is -0.132. The molecule has 3 aromatic rings. The number of Topliss-reactive ketones (excluding diaryl/α,β-unsaturated/α-hetero) is 1. The molecule has 0 radical (unpaired) electrons. The van der Waals surface area contributed by atoms with Gasteiger partial charge in [0, 0.05) is 30.9 Å². The number of hydrogen-bond acceptors (Lipinski definition) is 6. The van der Waals surface area contributed by atoms with Crippen LogP contribution in [0.4, 0.5) is 0 Å². The minimum atomic E-state index is -0.780. The molecule has 5 rings (SSSR count). The molecule has 1 fully saturated rings. The number of likely N-dealkylation sites (tertiary alicyclic amines) is 1. The summed E-state index contributed by atoms with van der Waals surface area (Å²) in [4.78, 5) is 32.5. The minimum Gasteiger partial charge on any atom is -0.507 e. The van der Waals surface area contributed by atoms with Crippen molar-refractivity contribution in [2.24, 2.45) is 0 Å². The molecule has 0 saturated carbocycles. The van der Waals surface area contributed by atoms with E-state index in [9.17, 15) is 14.7 Å². The number of pyridine rings is 1. The van der Waals surface area contributed by atoms with E-state index in [2.05, 4.69) is 11.9 Å². The van der Waals surface area contributed by atoms with E-state index >= 15 is 0 Å². The second-order valence-corrected chi connectivity index (χ2v) is 9.87. The zero-order chi connectivity index (χ0) is 26.6. The number of ketones is 1. The SMILES string of the molecule is CCCCCOc1cccc([C@H]2/C(=C(\O)c3ccc4c(c3)C[C@@H](C)O4)C(=O)C(=O)N2Cc2cccnc2)c1. The minimum absolute atomic E-state index is 0.0486. The molecule has 2 aliphatic heterocycles. The maximum absolute atomic E-state index is 13.4. The number of ether oxygens (including phenoxy) is 2. The van der Waals surface area contributed by atoms with Crippen molar-refractivity contribution in [1.29, 1.82) is 0 Å². The molecule has 0 unspecified atom stereocenters. The third kappa shape index (κ3) is 5.14. The van der Waals surface area contributed by atoms with Gasteiger partial charge in [-0.3, -0.25) is 14.6 Å². The van der Waals surface area contributed by atoms with Crippen LogP contribution >= 0.6 is 0 Å². The highest BCUT2D eigenvalue weighted by atomic mass is 16.5. The lowest BCUT2D eigenvalue weighted by Crippen LogP contribution is -2.29. The van der Waals surface area contributed by atoms with Crippen LogP contribution in [0.3, 0.4) is 0 Å². The summed E-state index contributed by atoms with van der Waals surface area (Å²) < 4.78 is 11.8. The van der Waals surface area contributed by atoms with Gasteiger partial charge in [0.15, 0.2) is 0 Å². The lowest BCUT2D eigenvalue weighted by atomic mass is 9.94. The van der Waals surface area contributed by atoms with E-state index in [0.29, 0.717) is 29.9 Å². The number of aliphatic hydroxyl groups excluding tert-OH is 1. The predicted octanol–water partition coefficient (Wildman–Crippen LogP) is 5.60. The topological polar surface area (TPSA) is 89.0 Å². The summed E-state index contributed by atoms with van der Waals surface area (Å²) in [5, 5.41) is 11.5. The molecule has 2 aromatic carbocycles. The Morgan fingerprint density at radius 3 is 2.79 bits per heavy atom. The second kappa shape index (κ2) is 11.1. The van der Waals surface area contributed by atoms with Gasteiger partial charge in [0.1, 0.15) is 23.4 Å². The van der Waals surface area contributed by atoms with Gasteiger partial charge in [0.25, 0.3) is 11.7 Å². The van der Waals surface area contributed by atoms with E-state index in [1.54, 1.807) is 30.6 Å². The van der Waals surface area contributed by atoms with Crippen LogP contribution in [-0.4, -0.2) is 39.4 Å². The van der Waals surface area contributed by atoms with E-state index in [4.69, 9.17) is 9.47 Å². The third-order valence-corrected chi connectivity index (χ3v) is 6.98. The number of rotatable bonds is 9. The summed E-state index contributed by atoms with van der Waals surface area (Å²) >= 11 is 0. The number of fused-ring (bicyclic) bond motifs is 1. The molecule has 7 nitrogen and oxygen atoms in total. The highest BCUT2D eigenvalue weighted by Crippen LogP contribution is 2.42. The quantitative estimate of drug-likeness (QED) is 0.174. The van der Waals surface area contributed by atoms with Gasteiger partial charge in [-0.1, -0.05) is 38.0 Å². The van der Waals surface area contributed by atoms with E-state index in [1.807, 2.05) is 43.3 Å². The van der Waals surface area contributed by atoms with Crippen molar-refractivity contribution in [3.05, 3.63) is 94.8 Å². The lowest BCUT2D eigenvalue weighted by Gasteiger charge is -2.25. The molecule has 196 valence electrons. The first-order valence-corrected chi connectivity index (χ1v) is 13.2. The Kier molecular flexibility index (Phi) is 7.45. The van der Waals surface area contributed by atoms with Gasteiger partial charge in [-0.25, -0.2) is 0 Å². The fourth-order valence-corrected chi connectivity index (χ4v) is 5.12. The van der Waals surface area contributed by atoms with Crippen molar-refractivity contribution < 1.29 is 24.2 Å². The Hall–Kier alpha value is -4.13. The van der Waals surface area contributed by atoms with Crippen LogP contribution in [0.1, 0.15) is 61.4 Å². The van der Waals surface area contributed by atoms with E-state index in [-0.39, 0.29) is 24.0 Å². The molecule has 1 amide bonds. The first-order chi connectivity index (χ1) is 18.5. The van der Waals surface area contributed by atoms with Crippen molar-refractivity contribution in [1.82, 2.24) is 9.88 Å². The molecule has 7 heteroatoms. The maximum atomic E-state index is 13.4. The Balaban J connectivity index is 1.56. The molecular weight excluding hydrogens is 480 g/mol. The number of nitrogens with zero attached hydrogens (tertiary/aromatic N) is 2. The Morgan fingerprint density at radius 1 is 1.13 bits per heavy atom. The van der Waals surface area contributed by atoms with Gasteiger partial charge in [-0.2, -0.15) is 0 Å². The summed E-state index contributed by atoms with van der Waals surface area (Å²) in [6, 6.07) is 15.7. The van der Waals surface area contributed by atoms with Gasteiger partial charge in [-0.15, -0.1) is 0 Å². The number of unbranched alkanes of at least 4 members (excludes halogenated alkanes) is 2. The van der Waals surface area contributed by atoms with Crippen LogP contribution in [0.2, 0.25) is 0 Å². The fourth-order valence-electron chi connectivity index (χ4n) is 5.12. The van der Waals surface area contributed by atoms with E-state index in [0.717, 1.165) is 36.1 Å². The smallest absolute Gasteiger partial charge is 0.295 e.